The molecule has 0 radical (unpaired) electrons. The van der Waals surface area contributed by atoms with Crippen LogP contribution in [0, 0.1) is 0 Å². The van der Waals surface area contributed by atoms with Crippen molar-refractivity contribution < 1.29 is 14.3 Å². The molecule has 0 bridgehead atoms. The van der Waals surface area contributed by atoms with Crippen LogP contribution >= 0.6 is 0 Å². The Labute approximate surface area is 138 Å². The number of carbonyl (C=O) groups excluding carboxylic acids is 1. The first-order chi connectivity index (χ1) is 11.2. The van der Waals surface area contributed by atoms with Gasteiger partial charge in [0.15, 0.2) is 6.61 Å². The first-order valence-corrected chi connectivity index (χ1v) is 8.22. The van der Waals surface area contributed by atoms with Crippen LogP contribution in [-0.2, 0) is 17.6 Å². The van der Waals surface area contributed by atoms with Crippen molar-refractivity contribution in [2.24, 2.45) is 0 Å². The molecule has 2 rings (SSSR count). The van der Waals surface area contributed by atoms with Crippen LogP contribution in [0.2, 0.25) is 0 Å². The van der Waals surface area contributed by atoms with E-state index >= 15 is 0 Å². The lowest BCUT2D eigenvalue weighted by atomic mass is 10.1. The molecule has 0 amide bonds. The maximum Gasteiger partial charge on any atom is 0.349 e. The Morgan fingerprint density at radius 2 is 1.26 bits per heavy atom. The van der Waals surface area contributed by atoms with E-state index in [9.17, 15) is 4.79 Å². The van der Waals surface area contributed by atoms with Gasteiger partial charge in [0, 0.05) is 0 Å². The summed E-state index contributed by atoms with van der Waals surface area (Å²) in [6, 6.07) is 15.4. The highest BCUT2D eigenvalue weighted by molar-refractivity contribution is 5.73. The fourth-order valence-corrected chi connectivity index (χ4v) is 2.36. The summed E-state index contributed by atoms with van der Waals surface area (Å²) in [5.74, 6) is 0.836. The fourth-order valence-electron chi connectivity index (χ4n) is 2.36. The quantitative estimate of drug-likeness (QED) is 0.529. The molecule has 3 heteroatoms. The largest absolute Gasteiger partial charge is 0.482 e. The molecule has 0 atom stereocenters. The van der Waals surface area contributed by atoms with Crippen LogP contribution in [0.3, 0.4) is 0 Å². The average Bonchev–Trinajstić information content (AvgIpc) is 2.57. The molecule has 0 heterocycles. The number of carbonyl (C=O) groups is 1. The van der Waals surface area contributed by atoms with Gasteiger partial charge in [0.1, 0.15) is 11.5 Å². The Balaban J connectivity index is 1.80. The first kappa shape index (κ1) is 17.1. The van der Waals surface area contributed by atoms with E-state index in [-0.39, 0.29) is 6.61 Å². The molecule has 0 saturated heterocycles. The third kappa shape index (κ3) is 5.78. The topological polar surface area (TPSA) is 35.5 Å². The zero-order valence-electron chi connectivity index (χ0n) is 13.9. The molecule has 122 valence electrons. The van der Waals surface area contributed by atoms with Gasteiger partial charge >= 0.3 is 5.97 Å². The first-order valence-electron chi connectivity index (χ1n) is 8.22. The van der Waals surface area contributed by atoms with Crippen LogP contribution in [-0.4, -0.2) is 12.6 Å². The SMILES string of the molecule is CCCc1ccc(OCC(=O)Oc2ccc(CCC)cc2)cc1. The van der Waals surface area contributed by atoms with E-state index in [1.54, 1.807) is 0 Å². The molecule has 2 aromatic carbocycles. The third-order valence-electron chi connectivity index (χ3n) is 3.51. The smallest absolute Gasteiger partial charge is 0.349 e. The van der Waals surface area contributed by atoms with Gasteiger partial charge in [-0.1, -0.05) is 51.0 Å². The normalized spacial score (nSPS) is 10.3. The summed E-state index contributed by atoms with van der Waals surface area (Å²) in [5, 5.41) is 0. The van der Waals surface area contributed by atoms with Crippen molar-refractivity contribution in [3.8, 4) is 11.5 Å². The van der Waals surface area contributed by atoms with E-state index in [1.165, 1.54) is 11.1 Å². The molecule has 0 spiro atoms. The highest BCUT2D eigenvalue weighted by Gasteiger charge is 2.06. The zero-order chi connectivity index (χ0) is 16.5. The Bertz CT molecular complexity index is 600. The molecular weight excluding hydrogens is 288 g/mol. The molecule has 0 aromatic heterocycles. The number of aryl methyl sites for hydroxylation is 2. The minimum atomic E-state index is -0.397. The predicted molar refractivity (Wildman–Crippen MR) is 92.0 cm³/mol. The average molecular weight is 312 g/mol. The van der Waals surface area contributed by atoms with E-state index in [4.69, 9.17) is 9.47 Å². The van der Waals surface area contributed by atoms with Gasteiger partial charge in [-0.15, -0.1) is 0 Å². The lowest BCUT2D eigenvalue weighted by molar-refractivity contribution is -0.136. The standard InChI is InChI=1S/C20H24O3/c1-3-5-16-7-11-18(12-8-16)22-15-20(21)23-19-13-9-17(6-4-2)10-14-19/h7-14H,3-6,15H2,1-2H3. The summed E-state index contributed by atoms with van der Waals surface area (Å²) < 4.78 is 10.7. The van der Waals surface area contributed by atoms with E-state index in [2.05, 4.69) is 13.8 Å². The number of esters is 1. The van der Waals surface area contributed by atoms with Crippen molar-refractivity contribution in [1.29, 1.82) is 0 Å². The van der Waals surface area contributed by atoms with Crippen molar-refractivity contribution in [2.45, 2.75) is 39.5 Å². The van der Waals surface area contributed by atoms with E-state index in [1.807, 2.05) is 48.5 Å². The van der Waals surface area contributed by atoms with Gasteiger partial charge in [0.05, 0.1) is 0 Å². The minimum absolute atomic E-state index is 0.0934. The monoisotopic (exact) mass is 312 g/mol. The van der Waals surface area contributed by atoms with Crippen LogP contribution in [0.5, 0.6) is 11.5 Å². The molecule has 0 N–H and O–H groups in total. The Kier molecular flexibility index (Phi) is 6.67. The second-order valence-electron chi connectivity index (χ2n) is 5.55. The summed E-state index contributed by atoms with van der Waals surface area (Å²) in [5.41, 5.74) is 2.52. The Hall–Kier alpha value is -2.29. The second-order valence-corrected chi connectivity index (χ2v) is 5.55. The maximum absolute atomic E-state index is 11.8. The molecule has 0 aliphatic carbocycles. The van der Waals surface area contributed by atoms with E-state index < -0.39 is 5.97 Å². The summed E-state index contributed by atoms with van der Waals surface area (Å²) in [6.07, 6.45) is 4.30. The number of benzene rings is 2. The molecule has 0 aliphatic rings. The van der Waals surface area contributed by atoms with Gasteiger partial charge in [0.25, 0.3) is 0 Å². The Morgan fingerprint density at radius 3 is 1.74 bits per heavy atom. The van der Waals surface area contributed by atoms with Crippen LogP contribution in [0.1, 0.15) is 37.8 Å². The highest BCUT2D eigenvalue weighted by atomic mass is 16.6. The van der Waals surface area contributed by atoms with Gasteiger partial charge in [-0.3, -0.25) is 0 Å². The summed E-state index contributed by atoms with van der Waals surface area (Å²) >= 11 is 0. The van der Waals surface area contributed by atoms with Crippen LogP contribution in [0.25, 0.3) is 0 Å². The highest BCUT2D eigenvalue weighted by Crippen LogP contribution is 2.15. The summed E-state index contributed by atoms with van der Waals surface area (Å²) in [4.78, 5) is 11.8. The molecule has 0 saturated carbocycles. The Morgan fingerprint density at radius 1 is 0.783 bits per heavy atom. The van der Waals surface area contributed by atoms with Gasteiger partial charge in [0.2, 0.25) is 0 Å². The number of hydrogen-bond donors (Lipinski definition) is 0. The molecule has 23 heavy (non-hydrogen) atoms. The van der Waals surface area contributed by atoms with E-state index in [0.717, 1.165) is 25.7 Å². The maximum atomic E-state index is 11.8. The number of ether oxygens (including phenoxy) is 2. The molecule has 0 fully saturated rings. The second kappa shape index (κ2) is 8.99. The molecule has 2 aromatic rings. The van der Waals surface area contributed by atoms with Crippen molar-refractivity contribution >= 4 is 5.97 Å². The molecule has 0 unspecified atom stereocenters. The van der Waals surface area contributed by atoms with E-state index in [0.29, 0.717) is 11.5 Å². The molecular formula is C20H24O3. The van der Waals surface area contributed by atoms with Crippen molar-refractivity contribution in [1.82, 2.24) is 0 Å². The zero-order valence-corrected chi connectivity index (χ0v) is 13.9. The summed E-state index contributed by atoms with van der Waals surface area (Å²) in [6.45, 7) is 4.19. The molecule has 0 aliphatic heterocycles. The van der Waals surface area contributed by atoms with Crippen LogP contribution in [0.15, 0.2) is 48.5 Å². The minimum Gasteiger partial charge on any atom is -0.482 e. The summed E-state index contributed by atoms with van der Waals surface area (Å²) in [7, 11) is 0. The predicted octanol–water partition coefficient (Wildman–Crippen LogP) is 4.58. The number of rotatable bonds is 8. The van der Waals surface area contributed by atoms with Crippen molar-refractivity contribution in [3.05, 3.63) is 59.7 Å². The van der Waals surface area contributed by atoms with Gasteiger partial charge in [-0.25, -0.2) is 4.79 Å². The van der Waals surface area contributed by atoms with Crippen molar-refractivity contribution in [3.63, 3.8) is 0 Å². The fraction of sp³-hybridized carbons (Fsp3) is 0.350. The van der Waals surface area contributed by atoms with Gasteiger partial charge < -0.3 is 9.47 Å². The van der Waals surface area contributed by atoms with Gasteiger partial charge in [-0.2, -0.15) is 0 Å². The third-order valence-corrected chi connectivity index (χ3v) is 3.51. The lowest BCUT2D eigenvalue weighted by Crippen LogP contribution is -2.17. The number of hydrogen-bond acceptors (Lipinski definition) is 3. The molecule has 3 nitrogen and oxygen atoms in total. The van der Waals surface area contributed by atoms with Crippen molar-refractivity contribution in [2.75, 3.05) is 6.61 Å². The lowest BCUT2D eigenvalue weighted by Gasteiger charge is -2.08. The van der Waals surface area contributed by atoms with Crippen LogP contribution < -0.4 is 9.47 Å². The van der Waals surface area contributed by atoms with Crippen LogP contribution in [0.4, 0.5) is 0 Å². The van der Waals surface area contributed by atoms with Gasteiger partial charge in [-0.05, 0) is 48.2 Å².